The van der Waals surface area contributed by atoms with Gasteiger partial charge in [-0.1, -0.05) is 120 Å². The van der Waals surface area contributed by atoms with E-state index in [0.717, 1.165) is 64.2 Å². The molecule has 0 aromatic rings. The Hall–Kier alpha value is -2.33. The Balaban J connectivity index is 2.27. The third kappa shape index (κ3) is 32.0. The molecule has 310 valence electrons. The van der Waals surface area contributed by atoms with Crippen LogP contribution in [0.25, 0.3) is 0 Å². The van der Waals surface area contributed by atoms with Gasteiger partial charge in [-0.25, -0.2) is 4.57 Å². The van der Waals surface area contributed by atoms with Crippen LogP contribution in [-0.2, 0) is 37.4 Å². The molecule has 1 saturated heterocycles. The summed E-state index contributed by atoms with van der Waals surface area (Å²) >= 11 is 0. The molecule has 1 fully saturated rings. The number of unbranched alkanes of at least 4 members (excludes halogenated alkanes) is 12. The van der Waals surface area contributed by atoms with Crippen LogP contribution in [-0.4, -0.2) is 61.5 Å². The van der Waals surface area contributed by atoms with E-state index in [9.17, 15) is 19.0 Å². The molecule has 0 amide bonds. The number of carbonyl (C=O) groups excluding carboxylic acids is 2. The van der Waals surface area contributed by atoms with Crippen molar-refractivity contribution >= 4 is 19.8 Å². The Morgan fingerprint density at radius 3 is 1.76 bits per heavy atom. The van der Waals surface area contributed by atoms with Gasteiger partial charge in [0.25, 0.3) is 0 Å². The molecule has 1 heterocycles. The Kier molecular flexibility index (Phi) is 32.3. The van der Waals surface area contributed by atoms with Crippen LogP contribution in [0.5, 0.6) is 0 Å². The Morgan fingerprint density at radius 1 is 0.648 bits per heavy atom. The number of esters is 2. The fourth-order valence-electron chi connectivity index (χ4n) is 5.52. The summed E-state index contributed by atoms with van der Waals surface area (Å²) in [6, 6.07) is 0. The predicted molar refractivity (Wildman–Crippen MR) is 219 cm³/mol. The highest BCUT2D eigenvalue weighted by atomic mass is 31.2. The number of phosphoric ester groups is 1. The number of epoxide rings is 1. The van der Waals surface area contributed by atoms with E-state index in [4.69, 9.17) is 29.0 Å². The summed E-state index contributed by atoms with van der Waals surface area (Å²) in [7, 11) is -4.40. The third-order valence-corrected chi connectivity index (χ3v) is 9.76. The van der Waals surface area contributed by atoms with E-state index >= 15 is 0 Å². The van der Waals surface area contributed by atoms with E-state index in [0.29, 0.717) is 19.3 Å². The second kappa shape index (κ2) is 35.1. The van der Waals surface area contributed by atoms with Gasteiger partial charge in [-0.15, -0.1) is 0 Å². The highest BCUT2D eigenvalue weighted by Crippen LogP contribution is 2.43. The molecule has 4 atom stereocenters. The van der Waals surface area contributed by atoms with Gasteiger partial charge in [-0.3, -0.25) is 18.6 Å². The van der Waals surface area contributed by atoms with Crippen molar-refractivity contribution in [1.82, 2.24) is 0 Å². The lowest BCUT2D eigenvalue weighted by atomic mass is 10.1. The van der Waals surface area contributed by atoms with Crippen LogP contribution in [0.2, 0.25) is 0 Å². The molecule has 0 saturated carbocycles. The lowest BCUT2D eigenvalue weighted by Gasteiger charge is -2.19. The molecule has 0 aromatic carbocycles. The van der Waals surface area contributed by atoms with Crippen LogP contribution in [0, 0.1) is 0 Å². The zero-order valence-corrected chi connectivity index (χ0v) is 34.5. The number of ether oxygens (including phenoxy) is 3. The summed E-state index contributed by atoms with van der Waals surface area (Å²) in [5, 5.41) is 0. The average molecular weight is 780 g/mol. The zero-order chi connectivity index (χ0) is 39.4. The molecule has 1 aliphatic rings. The molecule has 3 N–H and O–H groups in total. The van der Waals surface area contributed by atoms with Gasteiger partial charge in [-0.05, 0) is 83.5 Å². The van der Waals surface area contributed by atoms with Crippen molar-refractivity contribution in [2.75, 3.05) is 26.4 Å². The van der Waals surface area contributed by atoms with E-state index in [1.807, 2.05) is 6.08 Å². The molecule has 0 aliphatic carbocycles. The molecular formula is C43H74NO9P. The van der Waals surface area contributed by atoms with Crippen LogP contribution >= 0.6 is 7.82 Å². The predicted octanol–water partition coefficient (Wildman–Crippen LogP) is 10.7. The number of nitrogens with two attached hydrogens (primary N) is 1. The van der Waals surface area contributed by atoms with Gasteiger partial charge < -0.3 is 24.8 Å². The molecule has 10 nitrogen and oxygen atoms in total. The van der Waals surface area contributed by atoms with Gasteiger partial charge >= 0.3 is 19.8 Å². The van der Waals surface area contributed by atoms with Crippen LogP contribution in [0.1, 0.15) is 155 Å². The molecule has 0 bridgehead atoms. The van der Waals surface area contributed by atoms with Crippen molar-refractivity contribution in [1.29, 1.82) is 0 Å². The second-order valence-corrected chi connectivity index (χ2v) is 15.3. The molecule has 1 aliphatic heterocycles. The number of hydrogen-bond acceptors (Lipinski definition) is 9. The minimum atomic E-state index is -4.40. The van der Waals surface area contributed by atoms with Crippen molar-refractivity contribution in [2.45, 2.75) is 173 Å². The average Bonchev–Trinajstić information content (AvgIpc) is 3.91. The fourth-order valence-corrected chi connectivity index (χ4v) is 6.29. The van der Waals surface area contributed by atoms with Gasteiger partial charge in [0.2, 0.25) is 0 Å². The number of rotatable bonds is 37. The first-order valence-electron chi connectivity index (χ1n) is 20.9. The van der Waals surface area contributed by atoms with Crippen LogP contribution in [0.4, 0.5) is 0 Å². The van der Waals surface area contributed by atoms with Crippen LogP contribution in [0.15, 0.2) is 60.8 Å². The second-order valence-electron chi connectivity index (χ2n) is 13.9. The molecule has 3 unspecified atom stereocenters. The minimum Gasteiger partial charge on any atom is -0.462 e. The minimum absolute atomic E-state index is 0.0372. The Labute approximate surface area is 327 Å². The molecular weight excluding hydrogens is 705 g/mol. The van der Waals surface area contributed by atoms with Gasteiger partial charge in [0.15, 0.2) is 6.10 Å². The number of hydrogen-bond donors (Lipinski definition) is 2. The van der Waals surface area contributed by atoms with Crippen LogP contribution < -0.4 is 5.73 Å². The van der Waals surface area contributed by atoms with Crippen molar-refractivity contribution in [3.63, 3.8) is 0 Å². The first-order valence-corrected chi connectivity index (χ1v) is 22.4. The van der Waals surface area contributed by atoms with Gasteiger partial charge in [0, 0.05) is 19.4 Å². The van der Waals surface area contributed by atoms with Gasteiger partial charge in [-0.2, -0.15) is 0 Å². The fraction of sp³-hybridized carbons (Fsp3) is 0.721. The number of allylic oxidation sites excluding steroid dienone is 8. The monoisotopic (exact) mass is 780 g/mol. The highest BCUT2D eigenvalue weighted by molar-refractivity contribution is 7.47. The standard InChI is InChI=1S/C43H74NO9P/c1-3-5-7-9-11-13-14-15-16-17-18-20-22-24-29-33-42(45)49-37-39(38-51-54(47,48)50-36-35-44)52-43(46)34-30-26-25-28-32-41-40(53-41)31-27-23-21-19-12-10-8-6-4-2/h11-13,15-16,19,23,25,27-28,39-41H,3-10,14,17-18,20-22,24,26,29-38,44H2,1-2H3,(H,47,48)/b13-11-,16-15-,19-12-,27-23-,28-25-/t39-,40?,41?/m1/s1. The van der Waals surface area contributed by atoms with E-state index in [-0.39, 0.29) is 44.8 Å². The Morgan fingerprint density at radius 2 is 1.15 bits per heavy atom. The Bertz CT molecular complexity index is 1140. The maximum Gasteiger partial charge on any atom is 0.472 e. The largest absolute Gasteiger partial charge is 0.472 e. The number of phosphoric acid groups is 1. The van der Waals surface area contributed by atoms with E-state index in [1.165, 1.54) is 44.9 Å². The van der Waals surface area contributed by atoms with Crippen molar-refractivity contribution < 1.29 is 42.3 Å². The maximum atomic E-state index is 12.6. The van der Waals surface area contributed by atoms with E-state index in [2.05, 4.69) is 68.5 Å². The van der Waals surface area contributed by atoms with E-state index < -0.39 is 32.5 Å². The summed E-state index contributed by atoms with van der Waals surface area (Å²) in [5.74, 6) is -0.924. The first kappa shape index (κ1) is 49.7. The lowest BCUT2D eigenvalue weighted by Crippen LogP contribution is -2.29. The molecule has 0 aromatic heterocycles. The molecule has 0 radical (unpaired) electrons. The molecule has 11 heteroatoms. The van der Waals surface area contributed by atoms with Crippen molar-refractivity contribution in [3.05, 3.63) is 60.8 Å². The maximum absolute atomic E-state index is 12.6. The van der Waals surface area contributed by atoms with Crippen LogP contribution in [0.3, 0.4) is 0 Å². The normalized spacial score (nSPS) is 17.7. The quantitative estimate of drug-likeness (QED) is 0.0205. The van der Waals surface area contributed by atoms with Crippen molar-refractivity contribution in [3.8, 4) is 0 Å². The molecule has 1 rings (SSSR count). The first-order chi connectivity index (χ1) is 26.3. The summed E-state index contributed by atoms with van der Waals surface area (Å²) in [6.45, 7) is 3.56. The van der Waals surface area contributed by atoms with Crippen molar-refractivity contribution in [2.24, 2.45) is 5.73 Å². The highest BCUT2D eigenvalue weighted by Gasteiger charge is 2.36. The van der Waals surface area contributed by atoms with Gasteiger partial charge in [0.05, 0.1) is 25.4 Å². The lowest BCUT2D eigenvalue weighted by molar-refractivity contribution is -0.161. The summed E-state index contributed by atoms with van der Waals surface area (Å²) in [4.78, 5) is 34.9. The molecule has 54 heavy (non-hydrogen) atoms. The smallest absolute Gasteiger partial charge is 0.462 e. The molecule has 0 spiro atoms. The summed E-state index contributed by atoms with van der Waals surface area (Å²) < 4.78 is 38.4. The number of carbonyl (C=O) groups is 2. The SMILES string of the molecule is CCCCC/C=C\C/C=C\CCCCCCCC(=O)OC[C@H](COP(=O)(O)OCCN)OC(=O)CCC/C=C\CC1OC1C/C=C\C/C=C\CCCCC. The topological polar surface area (TPSA) is 147 Å². The van der Waals surface area contributed by atoms with E-state index in [1.54, 1.807) is 0 Å². The third-order valence-electron chi connectivity index (χ3n) is 8.78. The summed E-state index contributed by atoms with van der Waals surface area (Å²) in [6.07, 6.45) is 42.8. The van der Waals surface area contributed by atoms with Gasteiger partial charge in [0.1, 0.15) is 6.61 Å². The summed E-state index contributed by atoms with van der Waals surface area (Å²) in [5.41, 5.74) is 5.34. The zero-order valence-electron chi connectivity index (χ0n) is 33.6.